The average molecular weight is 314 g/mol. The Labute approximate surface area is 113 Å². The Bertz CT molecular complexity index is 490. The van der Waals surface area contributed by atoms with Gasteiger partial charge >= 0.3 is 0 Å². The molecule has 0 radical (unpaired) electrons. The number of halogens is 2. The SMILES string of the molecule is O=C(C=Cc1cc(Br)ccc1F)N1CCC(O)C1. The number of carbonyl (C=O) groups is 1. The number of carbonyl (C=O) groups excluding carboxylic acids is 1. The van der Waals surface area contributed by atoms with E-state index in [9.17, 15) is 14.3 Å². The van der Waals surface area contributed by atoms with Crippen LogP contribution in [0.3, 0.4) is 0 Å². The predicted molar refractivity (Wildman–Crippen MR) is 70.3 cm³/mol. The fraction of sp³-hybridized carbons (Fsp3) is 0.308. The number of likely N-dealkylation sites (tertiary alicyclic amines) is 1. The molecule has 1 N–H and O–H groups in total. The van der Waals surface area contributed by atoms with Gasteiger partial charge < -0.3 is 10.0 Å². The van der Waals surface area contributed by atoms with Crippen LogP contribution >= 0.6 is 15.9 Å². The lowest BCUT2D eigenvalue weighted by Gasteiger charge is -2.12. The van der Waals surface area contributed by atoms with Crippen molar-refractivity contribution in [3.63, 3.8) is 0 Å². The standard InChI is InChI=1S/C13H13BrFNO2/c14-10-2-3-12(15)9(7-10)1-4-13(18)16-6-5-11(17)8-16/h1-4,7,11,17H,5-6,8H2. The zero-order valence-corrected chi connectivity index (χ0v) is 11.2. The molecule has 1 atom stereocenters. The average Bonchev–Trinajstić information content (AvgIpc) is 2.77. The minimum absolute atomic E-state index is 0.203. The van der Waals surface area contributed by atoms with Crippen LogP contribution in [0.1, 0.15) is 12.0 Å². The van der Waals surface area contributed by atoms with Crippen molar-refractivity contribution < 1.29 is 14.3 Å². The first-order chi connectivity index (χ1) is 8.56. The lowest BCUT2D eigenvalue weighted by Crippen LogP contribution is -2.27. The quantitative estimate of drug-likeness (QED) is 0.850. The third-order valence-electron chi connectivity index (χ3n) is 2.84. The van der Waals surface area contributed by atoms with Gasteiger partial charge in [-0.05, 0) is 30.7 Å². The van der Waals surface area contributed by atoms with Crippen LogP contribution in [0.5, 0.6) is 0 Å². The van der Waals surface area contributed by atoms with Crippen LogP contribution in [-0.4, -0.2) is 35.1 Å². The van der Waals surface area contributed by atoms with Crippen molar-refractivity contribution in [1.82, 2.24) is 4.90 Å². The molecule has 96 valence electrons. The first kappa shape index (κ1) is 13.2. The van der Waals surface area contributed by atoms with Gasteiger partial charge in [-0.1, -0.05) is 15.9 Å². The zero-order valence-electron chi connectivity index (χ0n) is 9.64. The number of benzene rings is 1. The number of β-amino-alcohol motifs (C(OH)–C–C–N with tert-alkyl or cyclic N) is 1. The number of nitrogens with zero attached hydrogens (tertiary/aromatic N) is 1. The van der Waals surface area contributed by atoms with Gasteiger partial charge in [0.2, 0.25) is 5.91 Å². The molecule has 1 aromatic rings. The number of hydrogen-bond acceptors (Lipinski definition) is 2. The van der Waals surface area contributed by atoms with Crippen molar-refractivity contribution in [2.45, 2.75) is 12.5 Å². The van der Waals surface area contributed by atoms with E-state index < -0.39 is 6.10 Å². The maximum atomic E-state index is 13.4. The fourth-order valence-electron chi connectivity index (χ4n) is 1.85. The highest BCUT2D eigenvalue weighted by atomic mass is 79.9. The molecule has 1 amide bonds. The second-order valence-corrected chi connectivity index (χ2v) is 5.14. The van der Waals surface area contributed by atoms with Crippen LogP contribution in [0, 0.1) is 5.82 Å². The van der Waals surface area contributed by atoms with E-state index in [1.54, 1.807) is 17.0 Å². The summed E-state index contributed by atoms with van der Waals surface area (Å²) in [6, 6.07) is 4.55. The molecule has 1 aliphatic heterocycles. The van der Waals surface area contributed by atoms with E-state index in [-0.39, 0.29) is 11.7 Å². The van der Waals surface area contributed by atoms with E-state index in [1.807, 2.05) is 0 Å². The van der Waals surface area contributed by atoms with Crippen molar-refractivity contribution in [1.29, 1.82) is 0 Å². The van der Waals surface area contributed by atoms with Gasteiger partial charge in [-0.2, -0.15) is 0 Å². The Kier molecular flexibility index (Phi) is 4.14. The normalized spacial score (nSPS) is 19.7. The molecule has 1 saturated heterocycles. The number of hydrogen-bond donors (Lipinski definition) is 1. The summed E-state index contributed by atoms with van der Waals surface area (Å²) < 4.78 is 14.2. The highest BCUT2D eigenvalue weighted by Crippen LogP contribution is 2.17. The molecule has 3 nitrogen and oxygen atoms in total. The summed E-state index contributed by atoms with van der Waals surface area (Å²) in [5, 5.41) is 9.33. The first-order valence-corrected chi connectivity index (χ1v) is 6.45. The second kappa shape index (κ2) is 5.63. The lowest BCUT2D eigenvalue weighted by molar-refractivity contribution is -0.125. The molecule has 0 aromatic heterocycles. The van der Waals surface area contributed by atoms with E-state index in [2.05, 4.69) is 15.9 Å². The fourth-order valence-corrected chi connectivity index (χ4v) is 2.23. The third-order valence-corrected chi connectivity index (χ3v) is 3.33. The molecule has 0 spiro atoms. The molecule has 2 rings (SSSR count). The summed E-state index contributed by atoms with van der Waals surface area (Å²) in [5.74, 6) is -0.574. The molecule has 5 heteroatoms. The van der Waals surface area contributed by atoms with E-state index in [0.29, 0.717) is 25.1 Å². The summed E-state index contributed by atoms with van der Waals surface area (Å²) in [7, 11) is 0. The van der Waals surface area contributed by atoms with Crippen LogP contribution in [0.2, 0.25) is 0 Å². The Hall–Kier alpha value is -1.20. The number of amides is 1. The van der Waals surface area contributed by atoms with E-state index in [4.69, 9.17) is 0 Å². The second-order valence-electron chi connectivity index (χ2n) is 4.23. The van der Waals surface area contributed by atoms with Gasteiger partial charge in [-0.25, -0.2) is 4.39 Å². The Balaban J connectivity index is 2.06. The molecule has 0 bridgehead atoms. The van der Waals surface area contributed by atoms with E-state index in [0.717, 1.165) is 4.47 Å². The van der Waals surface area contributed by atoms with Crippen LogP contribution in [0.15, 0.2) is 28.7 Å². The third kappa shape index (κ3) is 3.17. The largest absolute Gasteiger partial charge is 0.391 e. The number of rotatable bonds is 2. The summed E-state index contributed by atoms with van der Waals surface area (Å²) in [6.07, 6.45) is 2.95. The molecular formula is C13H13BrFNO2. The van der Waals surface area contributed by atoms with Gasteiger partial charge in [0.1, 0.15) is 5.82 Å². The number of aliphatic hydroxyl groups excluding tert-OH is 1. The summed E-state index contributed by atoms with van der Waals surface area (Å²) in [4.78, 5) is 13.3. The summed E-state index contributed by atoms with van der Waals surface area (Å²) >= 11 is 3.25. The van der Waals surface area contributed by atoms with Gasteiger partial charge in [0.05, 0.1) is 6.10 Å². The maximum absolute atomic E-state index is 13.4. The van der Waals surface area contributed by atoms with Crippen molar-refractivity contribution >= 4 is 27.9 Å². The van der Waals surface area contributed by atoms with Crippen LogP contribution < -0.4 is 0 Å². The van der Waals surface area contributed by atoms with E-state index >= 15 is 0 Å². The number of aliphatic hydroxyl groups is 1. The highest BCUT2D eigenvalue weighted by molar-refractivity contribution is 9.10. The molecule has 1 unspecified atom stereocenters. The Morgan fingerprint density at radius 1 is 1.56 bits per heavy atom. The van der Waals surface area contributed by atoms with Gasteiger partial charge in [0.15, 0.2) is 0 Å². The zero-order chi connectivity index (χ0) is 13.1. The van der Waals surface area contributed by atoms with Crippen molar-refractivity contribution in [3.05, 3.63) is 40.1 Å². The molecule has 1 aromatic carbocycles. The molecule has 0 saturated carbocycles. The minimum atomic E-state index is -0.440. The Morgan fingerprint density at radius 2 is 2.33 bits per heavy atom. The van der Waals surface area contributed by atoms with Gasteiger partial charge in [-0.15, -0.1) is 0 Å². The maximum Gasteiger partial charge on any atom is 0.246 e. The van der Waals surface area contributed by atoms with Gasteiger partial charge in [0, 0.05) is 29.2 Å². The molecule has 0 aliphatic carbocycles. The highest BCUT2D eigenvalue weighted by Gasteiger charge is 2.22. The predicted octanol–water partition coefficient (Wildman–Crippen LogP) is 2.19. The van der Waals surface area contributed by atoms with E-state index in [1.165, 1.54) is 18.2 Å². The molecular weight excluding hydrogens is 301 g/mol. The van der Waals surface area contributed by atoms with Gasteiger partial charge in [-0.3, -0.25) is 4.79 Å². The van der Waals surface area contributed by atoms with Crippen LogP contribution in [0.25, 0.3) is 6.08 Å². The van der Waals surface area contributed by atoms with Gasteiger partial charge in [0.25, 0.3) is 0 Å². The van der Waals surface area contributed by atoms with Crippen molar-refractivity contribution in [2.75, 3.05) is 13.1 Å². The molecule has 18 heavy (non-hydrogen) atoms. The Morgan fingerprint density at radius 3 is 3.00 bits per heavy atom. The van der Waals surface area contributed by atoms with Crippen LogP contribution in [0.4, 0.5) is 4.39 Å². The summed E-state index contributed by atoms with van der Waals surface area (Å²) in [5.41, 5.74) is 0.359. The monoisotopic (exact) mass is 313 g/mol. The minimum Gasteiger partial charge on any atom is -0.391 e. The smallest absolute Gasteiger partial charge is 0.246 e. The van der Waals surface area contributed by atoms with Crippen molar-refractivity contribution in [3.8, 4) is 0 Å². The van der Waals surface area contributed by atoms with Crippen molar-refractivity contribution in [2.24, 2.45) is 0 Å². The topological polar surface area (TPSA) is 40.5 Å². The molecule has 1 heterocycles. The first-order valence-electron chi connectivity index (χ1n) is 5.66. The molecule has 1 fully saturated rings. The molecule has 1 aliphatic rings. The van der Waals surface area contributed by atoms with Crippen LogP contribution in [-0.2, 0) is 4.79 Å². The summed E-state index contributed by atoms with van der Waals surface area (Å²) in [6.45, 7) is 0.898. The lowest BCUT2D eigenvalue weighted by atomic mass is 10.2.